The molecule has 0 fully saturated rings. The van der Waals surface area contributed by atoms with E-state index in [9.17, 15) is 13.2 Å². The topological polar surface area (TPSA) is 72.5 Å². The summed E-state index contributed by atoms with van der Waals surface area (Å²) in [5, 5.41) is 0. The molecule has 0 aromatic heterocycles. The van der Waals surface area contributed by atoms with Gasteiger partial charge in [0, 0.05) is 10.7 Å². The highest BCUT2D eigenvalue weighted by Crippen LogP contribution is 2.24. The summed E-state index contributed by atoms with van der Waals surface area (Å²) in [6.45, 7) is 6.15. The molecule has 0 radical (unpaired) electrons. The normalized spacial score (nSPS) is 12.0. The predicted octanol–water partition coefficient (Wildman–Crippen LogP) is 2.56. The highest BCUT2D eigenvalue weighted by molar-refractivity contribution is 8.12. The highest BCUT2D eigenvalue weighted by Gasteiger charge is 2.15. The van der Waals surface area contributed by atoms with Crippen LogP contribution in [-0.4, -0.2) is 14.5 Å². The molecule has 0 bridgehead atoms. The minimum Gasteiger partial charge on any atom is -0.410 e. The second-order valence-electron chi connectivity index (χ2n) is 4.70. The first-order valence-corrected chi connectivity index (χ1v) is 7.43. The van der Waals surface area contributed by atoms with Gasteiger partial charge in [0.1, 0.15) is 5.75 Å². The zero-order chi connectivity index (χ0) is 14.0. The van der Waals surface area contributed by atoms with Gasteiger partial charge in [0.15, 0.2) is 0 Å². The molecule has 0 heterocycles. The van der Waals surface area contributed by atoms with E-state index in [0.29, 0.717) is 0 Å². The lowest BCUT2D eigenvalue weighted by molar-refractivity contribution is 0.207. The standard InChI is InChI=1S/C11H14ClNO4S/c1-11(2,3)8-4-6-9(7-5-8)17-10(14)13-18(12,15)16/h4-7H,1-3H3,(H,13,14). The smallest absolute Gasteiger partial charge is 0.410 e. The quantitative estimate of drug-likeness (QED) is 0.850. The van der Waals surface area contributed by atoms with Gasteiger partial charge in [0.25, 0.3) is 0 Å². The van der Waals surface area contributed by atoms with E-state index < -0.39 is 15.3 Å². The van der Waals surface area contributed by atoms with Gasteiger partial charge >= 0.3 is 15.3 Å². The maximum atomic E-state index is 11.1. The molecule has 0 aliphatic carbocycles. The van der Waals surface area contributed by atoms with Gasteiger partial charge < -0.3 is 4.74 Å². The zero-order valence-corrected chi connectivity index (χ0v) is 11.8. The van der Waals surface area contributed by atoms with Gasteiger partial charge in [0.05, 0.1) is 0 Å². The molecule has 1 amide bonds. The summed E-state index contributed by atoms with van der Waals surface area (Å²) in [6, 6.07) is 6.78. The third kappa shape index (κ3) is 4.93. The molecule has 1 rings (SSSR count). The van der Waals surface area contributed by atoms with Gasteiger partial charge in [0.2, 0.25) is 0 Å². The Bertz CT molecular complexity index is 531. The number of halogens is 1. The number of rotatable bonds is 2. The number of carbonyl (C=O) groups excluding carboxylic acids is 1. The maximum absolute atomic E-state index is 11.1. The largest absolute Gasteiger partial charge is 0.427 e. The van der Waals surface area contributed by atoms with Crippen molar-refractivity contribution in [3.05, 3.63) is 29.8 Å². The van der Waals surface area contributed by atoms with Crippen molar-refractivity contribution in [1.82, 2.24) is 4.72 Å². The van der Waals surface area contributed by atoms with Crippen molar-refractivity contribution in [2.75, 3.05) is 0 Å². The Labute approximate surface area is 111 Å². The van der Waals surface area contributed by atoms with Crippen molar-refractivity contribution in [1.29, 1.82) is 0 Å². The monoisotopic (exact) mass is 291 g/mol. The Hall–Kier alpha value is -1.27. The number of amides is 1. The Balaban J connectivity index is 2.73. The second kappa shape index (κ2) is 5.16. The summed E-state index contributed by atoms with van der Waals surface area (Å²) >= 11 is 0. The SMILES string of the molecule is CC(C)(C)c1ccc(OC(=O)NS(=O)(=O)Cl)cc1. The molecule has 0 atom stereocenters. The first kappa shape index (κ1) is 14.8. The number of nitrogens with one attached hydrogen (secondary N) is 1. The summed E-state index contributed by atoms with van der Waals surface area (Å²) in [4.78, 5) is 11.1. The molecule has 0 saturated carbocycles. The summed E-state index contributed by atoms with van der Waals surface area (Å²) in [5.74, 6) is 0.237. The van der Waals surface area contributed by atoms with Crippen LogP contribution in [0.4, 0.5) is 4.79 Å². The molecule has 0 saturated heterocycles. The van der Waals surface area contributed by atoms with E-state index in [1.54, 1.807) is 24.3 Å². The number of hydrogen-bond donors (Lipinski definition) is 1. The van der Waals surface area contributed by atoms with Crippen LogP contribution in [-0.2, 0) is 14.7 Å². The average molecular weight is 292 g/mol. The molecule has 100 valence electrons. The van der Waals surface area contributed by atoms with Crippen molar-refractivity contribution >= 4 is 26.0 Å². The minimum atomic E-state index is -4.13. The van der Waals surface area contributed by atoms with E-state index in [1.165, 1.54) is 4.72 Å². The van der Waals surface area contributed by atoms with E-state index in [1.807, 2.05) is 0 Å². The molecular formula is C11H14ClNO4S. The summed E-state index contributed by atoms with van der Waals surface area (Å²) < 4.78 is 27.4. The van der Waals surface area contributed by atoms with Crippen LogP contribution in [0.5, 0.6) is 5.75 Å². The van der Waals surface area contributed by atoms with E-state index in [2.05, 4.69) is 20.8 Å². The van der Waals surface area contributed by atoms with Crippen molar-refractivity contribution in [3.8, 4) is 5.75 Å². The first-order chi connectivity index (χ1) is 8.08. The molecule has 0 aliphatic heterocycles. The third-order valence-corrected chi connectivity index (χ3v) is 2.78. The van der Waals surface area contributed by atoms with Gasteiger partial charge in [-0.2, -0.15) is 8.42 Å². The Morgan fingerprint density at radius 1 is 1.22 bits per heavy atom. The molecule has 7 heteroatoms. The van der Waals surface area contributed by atoms with Crippen molar-refractivity contribution < 1.29 is 17.9 Å². The average Bonchev–Trinajstić information content (AvgIpc) is 2.13. The van der Waals surface area contributed by atoms with E-state index in [0.717, 1.165) is 5.56 Å². The Morgan fingerprint density at radius 2 is 1.72 bits per heavy atom. The first-order valence-electron chi connectivity index (χ1n) is 5.13. The van der Waals surface area contributed by atoms with Gasteiger partial charge in [-0.25, -0.2) is 9.52 Å². The fraction of sp³-hybridized carbons (Fsp3) is 0.364. The molecule has 0 spiro atoms. The van der Waals surface area contributed by atoms with Gasteiger partial charge in [-0.3, -0.25) is 0 Å². The molecule has 0 aliphatic rings. The van der Waals surface area contributed by atoms with Crippen LogP contribution in [0.15, 0.2) is 24.3 Å². The lowest BCUT2D eigenvalue weighted by atomic mass is 9.87. The zero-order valence-electron chi connectivity index (χ0n) is 10.2. The van der Waals surface area contributed by atoms with Crippen molar-refractivity contribution in [3.63, 3.8) is 0 Å². The van der Waals surface area contributed by atoms with E-state index in [4.69, 9.17) is 15.4 Å². The van der Waals surface area contributed by atoms with Crippen molar-refractivity contribution in [2.45, 2.75) is 26.2 Å². The van der Waals surface area contributed by atoms with Gasteiger partial charge in [-0.15, -0.1) is 0 Å². The molecule has 1 N–H and O–H groups in total. The fourth-order valence-corrected chi connectivity index (χ4v) is 1.68. The third-order valence-electron chi connectivity index (χ3n) is 2.14. The van der Waals surface area contributed by atoms with Crippen molar-refractivity contribution in [2.24, 2.45) is 0 Å². The van der Waals surface area contributed by atoms with Gasteiger partial charge in [-0.05, 0) is 23.1 Å². The molecule has 5 nitrogen and oxygen atoms in total. The Morgan fingerprint density at radius 3 is 2.11 bits per heavy atom. The van der Waals surface area contributed by atoms with Crippen LogP contribution in [0.25, 0.3) is 0 Å². The maximum Gasteiger partial charge on any atom is 0.427 e. The molecule has 1 aromatic rings. The van der Waals surface area contributed by atoms with Crippen LogP contribution in [0.3, 0.4) is 0 Å². The molecule has 1 aromatic carbocycles. The molecule has 18 heavy (non-hydrogen) atoms. The Kier molecular flexibility index (Phi) is 4.24. The number of benzene rings is 1. The molecule has 0 unspecified atom stereocenters. The fourth-order valence-electron chi connectivity index (χ4n) is 1.25. The highest BCUT2D eigenvalue weighted by atomic mass is 35.7. The van der Waals surface area contributed by atoms with Crippen LogP contribution >= 0.6 is 10.7 Å². The predicted molar refractivity (Wildman–Crippen MR) is 69.1 cm³/mol. The van der Waals surface area contributed by atoms with Gasteiger partial charge in [-0.1, -0.05) is 32.9 Å². The number of hydrogen-bond acceptors (Lipinski definition) is 4. The summed E-state index contributed by atoms with van der Waals surface area (Å²) in [6.07, 6.45) is -1.14. The van der Waals surface area contributed by atoms with Crippen LogP contribution in [0, 0.1) is 0 Å². The van der Waals surface area contributed by atoms with Crippen LogP contribution in [0.2, 0.25) is 0 Å². The minimum absolute atomic E-state index is 0.0136. The second-order valence-corrected chi connectivity index (χ2v) is 7.00. The lowest BCUT2D eigenvalue weighted by Gasteiger charge is -2.18. The van der Waals surface area contributed by atoms with E-state index in [-0.39, 0.29) is 11.2 Å². The summed E-state index contributed by atoms with van der Waals surface area (Å²) in [7, 11) is 0.712. The van der Waals surface area contributed by atoms with Crippen LogP contribution in [0.1, 0.15) is 26.3 Å². The lowest BCUT2D eigenvalue weighted by Crippen LogP contribution is -2.29. The number of ether oxygens (including phenoxy) is 1. The summed E-state index contributed by atoms with van der Waals surface area (Å²) in [5.41, 5.74) is 1.06. The molecular weight excluding hydrogens is 278 g/mol. The number of carbonyl (C=O) groups is 1. The van der Waals surface area contributed by atoms with E-state index >= 15 is 0 Å². The van der Waals surface area contributed by atoms with Crippen LogP contribution < -0.4 is 9.46 Å².